The van der Waals surface area contributed by atoms with Crippen molar-refractivity contribution in [2.45, 2.75) is 31.6 Å². The number of anilines is 1. The molecule has 2 aromatic heterocycles. The Morgan fingerprint density at radius 3 is 2.81 bits per heavy atom. The topological polar surface area (TPSA) is 97.4 Å². The normalized spacial score (nSPS) is 19.1. The third-order valence-corrected chi connectivity index (χ3v) is 8.35. The monoisotopic (exact) mass is 442 g/mol. The van der Waals surface area contributed by atoms with Gasteiger partial charge >= 0.3 is 0 Å². The standard InChI is InChI=1S/C22H26N4O4S/c1-13-10-16-15(6-5-7-17(16)23-13)20-24-19(22(2,3)31(4,27)28)18-21(25-20)26-8-9-29-11-14(26)12-30-18/h5-7,10,14,23H,8-9,11-12H2,1-4H3. The van der Waals surface area contributed by atoms with Gasteiger partial charge in [-0.1, -0.05) is 12.1 Å². The maximum atomic E-state index is 12.7. The highest BCUT2D eigenvalue weighted by Crippen LogP contribution is 2.44. The number of nitrogens with one attached hydrogen (secondary N) is 1. The zero-order chi connectivity index (χ0) is 22.0. The molecule has 8 nitrogen and oxygen atoms in total. The van der Waals surface area contributed by atoms with E-state index < -0.39 is 14.6 Å². The number of benzene rings is 1. The first-order valence-corrected chi connectivity index (χ1v) is 12.2. The summed E-state index contributed by atoms with van der Waals surface area (Å²) in [6, 6.07) is 8.03. The van der Waals surface area contributed by atoms with Crippen molar-refractivity contribution in [1.82, 2.24) is 15.0 Å². The molecule has 9 heteroatoms. The number of sulfone groups is 1. The lowest BCUT2D eigenvalue weighted by Gasteiger charge is -2.41. The number of fused-ring (bicyclic) bond motifs is 4. The fourth-order valence-electron chi connectivity index (χ4n) is 4.21. The Hall–Kier alpha value is -2.65. The number of rotatable bonds is 3. The predicted molar refractivity (Wildman–Crippen MR) is 119 cm³/mol. The molecule has 164 valence electrons. The fourth-order valence-corrected chi connectivity index (χ4v) is 4.70. The van der Waals surface area contributed by atoms with Gasteiger partial charge in [0.25, 0.3) is 0 Å². The minimum Gasteiger partial charge on any atom is -0.486 e. The number of aromatic nitrogens is 3. The molecular formula is C22H26N4O4S. The van der Waals surface area contributed by atoms with Crippen molar-refractivity contribution in [3.63, 3.8) is 0 Å². The van der Waals surface area contributed by atoms with Crippen LogP contribution in [0.25, 0.3) is 22.3 Å². The SMILES string of the molecule is Cc1cc2c(-c3nc4c(c(C(C)(C)S(C)(=O)=O)n3)OCC3COCCN43)cccc2[nH]1. The molecular weight excluding hydrogens is 416 g/mol. The second-order valence-corrected chi connectivity index (χ2v) is 11.3. The molecule has 1 aromatic carbocycles. The van der Waals surface area contributed by atoms with Gasteiger partial charge < -0.3 is 19.4 Å². The molecule has 1 fully saturated rings. The van der Waals surface area contributed by atoms with Crippen LogP contribution in [-0.4, -0.2) is 62.0 Å². The first-order valence-electron chi connectivity index (χ1n) is 10.3. The zero-order valence-electron chi connectivity index (χ0n) is 18.1. The molecule has 0 spiro atoms. The molecule has 31 heavy (non-hydrogen) atoms. The van der Waals surface area contributed by atoms with E-state index in [1.807, 2.05) is 25.1 Å². The smallest absolute Gasteiger partial charge is 0.185 e. The number of nitrogens with zero attached hydrogens (tertiary/aromatic N) is 3. The maximum Gasteiger partial charge on any atom is 0.185 e. The van der Waals surface area contributed by atoms with E-state index in [9.17, 15) is 8.42 Å². The van der Waals surface area contributed by atoms with Crippen LogP contribution in [0.3, 0.4) is 0 Å². The summed E-state index contributed by atoms with van der Waals surface area (Å²) in [5.41, 5.74) is 3.27. The van der Waals surface area contributed by atoms with Crippen LogP contribution in [0.4, 0.5) is 5.82 Å². The second-order valence-electron chi connectivity index (χ2n) is 8.78. The number of H-pyrrole nitrogens is 1. The van der Waals surface area contributed by atoms with Gasteiger partial charge in [-0.25, -0.2) is 18.4 Å². The molecule has 0 aliphatic carbocycles. The Labute approximate surface area is 181 Å². The predicted octanol–water partition coefficient (Wildman–Crippen LogP) is 2.81. The summed E-state index contributed by atoms with van der Waals surface area (Å²) in [6.07, 6.45) is 1.23. The van der Waals surface area contributed by atoms with Crippen LogP contribution in [0.5, 0.6) is 5.75 Å². The van der Waals surface area contributed by atoms with Gasteiger partial charge in [0.05, 0.1) is 19.3 Å². The van der Waals surface area contributed by atoms with Crippen LogP contribution in [0.15, 0.2) is 24.3 Å². The Morgan fingerprint density at radius 1 is 1.23 bits per heavy atom. The molecule has 1 unspecified atom stereocenters. The summed E-state index contributed by atoms with van der Waals surface area (Å²) in [5, 5.41) is 0.998. The van der Waals surface area contributed by atoms with Gasteiger partial charge in [-0.3, -0.25) is 0 Å². The quantitative estimate of drug-likeness (QED) is 0.666. The average molecular weight is 443 g/mol. The first kappa shape index (κ1) is 20.3. The molecule has 0 amide bonds. The summed E-state index contributed by atoms with van der Waals surface area (Å²) >= 11 is 0. The van der Waals surface area contributed by atoms with E-state index in [0.717, 1.165) is 22.2 Å². The van der Waals surface area contributed by atoms with Crippen molar-refractivity contribution >= 4 is 26.6 Å². The maximum absolute atomic E-state index is 12.7. The first-order chi connectivity index (χ1) is 14.7. The zero-order valence-corrected chi connectivity index (χ0v) is 18.9. The van der Waals surface area contributed by atoms with Crippen molar-refractivity contribution in [3.05, 3.63) is 35.7 Å². The Kier molecular flexibility index (Phi) is 4.53. The molecule has 5 rings (SSSR count). The van der Waals surface area contributed by atoms with Crippen LogP contribution >= 0.6 is 0 Å². The summed E-state index contributed by atoms with van der Waals surface area (Å²) in [5.74, 6) is 1.58. The lowest BCUT2D eigenvalue weighted by molar-refractivity contribution is 0.0691. The molecule has 3 aromatic rings. The van der Waals surface area contributed by atoms with Crippen molar-refractivity contribution in [2.24, 2.45) is 0 Å². The molecule has 0 bridgehead atoms. The molecule has 1 saturated heterocycles. The number of aryl methyl sites for hydroxylation is 1. The van der Waals surface area contributed by atoms with Crippen LogP contribution in [0.1, 0.15) is 25.2 Å². The van der Waals surface area contributed by atoms with Crippen molar-refractivity contribution in [1.29, 1.82) is 0 Å². The molecule has 0 radical (unpaired) electrons. The summed E-state index contributed by atoms with van der Waals surface area (Å²) in [4.78, 5) is 15.2. The number of morpholine rings is 1. The van der Waals surface area contributed by atoms with Crippen LogP contribution in [0.2, 0.25) is 0 Å². The number of aromatic amines is 1. The van der Waals surface area contributed by atoms with Gasteiger partial charge in [0.2, 0.25) is 0 Å². The molecule has 4 heterocycles. The number of ether oxygens (including phenoxy) is 2. The summed E-state index contributed by atoms with van der Waals surface area (Å²) < 4.78 is 35.9. The lowest BCUT2D eigenvalue weighted by Crippen LogP contribution is -2.52. The van der Waals surface area contributed by atoms with Gasteiger partial charge in [-0.2, -0.15) is 0 Å². The average Bonchev–Trinajstić information content (AvgIpc) is 3.12. The van der Waals surface area contributed by atoms with Gasteiger partial charge in [0.15, 0.2) is 27.2 Å². The van der Waals surface area contributed by atoms with Gasteiger partial charge in [0.1, 0.15) is 17.0 Å². The minimum atomic E-state index is -3.48. The second kappa shape index (κ2) is 6.93. The molecule has 1 atom stereocenters. The number of hydrogen-bond donors (Lipinski definition) is 1. The molecule has 2 aliphatic rings. The van der Waals surface area contributed by atoms with Crippen LogP contribution in [-0.2, 0) is 19.3 Å². The molecule has 0 saturated carbocycles. The van der Waals surface area contributed by atoms with E-state index in [1.165, 1.54) is 6.26 Å². The van der Waals surface area contributed by atoms with Crippen molar-refractivity contribution in [2.75, 3.05) is 37.5 Å². The van der Waals surface area contributed by atoms with Gasteiger partial charge in [-0.05, 0) is 32.9 Å². The van der Waals surface area contributed by atoms with Crippen molar-refractivity contribution in [3.8, 4) is 17.1 Å². The minimum absolute atomic E-state index is 0.0449. The Bertz CT molecular complexity index is 1280. The van der Waals surface area contributed by atoms with Gasteiger partial charge in [-0.15, -0.1) is 0 Å². The highest BCUT2D eigenvalue weighted by atomic mass is 32.2. The lowest BCUT2D eigenvalue weighted by atomic mass is 10.0. The number of hydrogen-bond acceptors (Lipinski definition) is 7. The third kappa shape index (κ3) is 3.18. The van der Waals surface area contributed by atoms with Gasteiger partial charge in [0, 0.05) is 35.0 Å². The highest BCUT2D eigenvalue weighted by molar-refractivity contribution is 7.91. The van der Waals surface area contributed by atoms with E-state index in [0.29, 0.717) is 49.5 Å². The van der Waals surface area contributed by atoms with E-state index >= 15 is 0 Å². The van der Waals surface area contributed by atoms with Crippen LogP contribution < -0.4 is 9.64 Å². The third-order valence-electron chi connectivity index (χ3n) is 6.30. The van der Waals surface area contributed by atoms with E-state index in [2.05, 4.69) is 16.0 Å². The van der Waals surface area contributed by atoms with Crippen molar-refractivity contribution < 1.29 is 17.9 Å². The van der Waals surface area contributed by atoms with E-state index in [4.69, 9.17) is 19.4 Å². The Morgan fingerprint density at radius 2 is 2.03 bits per heavy atom. The highest BCUT2D eigenvalue weighted by Gasteiger charge is 2.42. The van der Waals surface area contributed by atoms with E-state index in [-0.39, 0.29) is 6.04 Å². The largest absolute Gasteiger partial charge is 0.486 e. The van der Waals surface area contributed by atoms with Crippen LogP contribution in [0, 0.1) is 6.92 Å². The summed E-state index contributed by atoms with van der Waals surface area (Å²) in [7, 11) is -3.48. The molecule has 1 N–H and O–H groups in total. The van der Waals surface area contributed by atoms with E-state index in [1.54, 1.807) is 13.8 Å². The molecule has 2 aliphatic heterocycles. The Balaban J connectivity index is 1.80. The summed E-state index contributed by atoms with van der Waals surface area (Å²) in [6.45, 7) is 7.57. The fraction of sp³-hybridized carbons (Fsp3) is 0.455.